The lowest BCUT2D eigenvalue weighted by Gasteiger charge is -2.13. The fourth-order valence-electron chi connectivity index (χ4n) is 1.79. The predicted molar refractivity (Wildman–Crippen MR) is 79.6 cm³/mol. The Hall–Kier alpha value is -0.990. The van der Waals surface area contributed by atoms with E-state index in [2.05, 4.69) is 22.0 Å². The third-order valence-corrected chi connectivity index (χ3v) is 3.74. The van der Waals surface area contributed by atoms with E-state index in [1.165, 1.54) is 0 Å². The number of para-hydroxylation sites is 1. The summed E-state index contributed by atoms with van der Waals surface area (Å²) in [5.41, 5.74) is 3.30. The first-order valence-electron chi connectivity index (χ1n) is 5.73. The van der Waals surface area contributed by atoms with Crippen LogP contribution in [0.5, 0.6) is 5.75 Å². The molecule has 2 aromatic carbocycles. The number of rotatable bonds is 4. The second-order valence-corrected chi connectivity index (χ2v) is 5.04. The molecule has 0 spiro atoms. The van der Waals surface area contributed by atoms with Crippen molar-refractivity contribution in [2.75, 3.05) is 0 Å². The van der Waals surface area contributed by atoms with Gasteiger partial charge in [-0.05, 0) is 18.6 Å². The molecule has 0 aliphatic rings. The van der Waals surface area contributed by atoms with Crippen LogP contribution in [0.25, 0.3) is 0 Å². The maximum atomic E-state index is 6.11. The van der Waals surface area contributed by atoms with E-state index in [-0.39, 0.29) is 0 Å². The topological polar surface area (TPSA) is 9.23 Å². The first-order valence-corrected chi connectivity index (χ1v) is 7.23. The van der Waals surface area contributed by atoms with Crippen LogP contribution in [0.3, 0.4) is 0 Å². The van der Waals surface area contributed by atoms with Gasteiger partial charge in [0.15, 0.2) is 0 Å². The first-order chi connectivity index (χ1) is 8.72. The van der Waals surface area contributed by atoms with E-state index in [9.17, 15) is 0 Å². The van der Waals surface area contributed by atoms with Gasteiger partial charge in [0.2, 0.25) is 0 Å². The Balaban J connectivity index is 2.18. The lowest BCUT2D eigenvalue weighted by atomic mass is 10.1. The Kier molecular flexibility index (Phi) is 4.67. The molecular formula is C15H14BrClO. The minimum Gasteiger partial charge on any atom is -0.488 e. The van der Waals surface area contributed by atoms with Crippen LogP contribution in [0, 0.1) is 6.92 Å². The molecule has 0 saturated heterocycles. The average Bonchev–Trinajstić information content (AvgIpc) is 2.39. The highest BCUT2D eigenvalue weighted by Gasteiger charge is 2.07. The predicted octanol–water partition coefficient (Wildman–Crippen LogP) is 5.12. The molecule has 0 aliphatic heterocycles. The van der Waals surface area contributed by atoms with Gasteiger partial charge in [-0.2, -0.15) is 0 Å². The monoisotopic (exact) mass is 324 g/mol. The van der Waals surface area contributed by atoms with E-state index in [1.54, 1.807) is 0 Å². The Morgan fingerprint density at radius 3 is 2.50 bits per heavy atom. The number of alkyl halides is 1. The van der Waals surface area contributed by atoms with Crippen LogP contribution in [-0.4, -0.2) is 0 Å². The molecule has 0 saturated carbocycles. The molecule has 3 heteroatoms. The fourth-order valence-corrected chi connectivity index (χ4v) is 2.42. The maximum absolute atomic E-state index is 6.11. The molecule has 0 amide bonds. The minimum atomic E-state index is 0.491. The van der Waals surface area contributed by atoms with Crippen LogP contribution >= 0.6 is 27.5 Å². The Morgan fingerprint density at radius 2 is 1.78 bits per heavy atom. The Labute approximate surface area is 121 Å². The van der Waals surface area contributed by atoms with Crippen LogP contribution in [0.4, 0.5) is 0 Å². The van der Waals surface area contributed by atoms with Gasteiger partial charge in [-0.25, -0.2) is 0 Å². The maximum Gasteiger partial charge on any atom is 0.126 e. The minimum absolute atomic E-state index is 0.491. The second-order valence-electron chi connectivity index (χ2n) is 4.08. The summed E-state index contributed by atoms with van der Waals surface area (Å²) in [7, 11) is 0. The molecule has 0 atom stereocenters. The van der Waals surface area contributed by atoms with E-state index in [4.69, 9.17) is 16.3 Å². The molecule has 2 aromatic rings. The zero-order chi connectivity index (χ0) is 13.0. The zero-order valence-electron chi connectivity index (χ0n) is 10.1. The largest absolute Gasteiger partial charge is 0.488 e. The Morgan fingerprint density at radius 1 is 1.06 bits per heavy atom. The highest BCUT2D eigenvalue weighted by atomic mass is 79.9. The number of ether oxygens (including phenoxy) is 1. The summed E-state index contributed by atoms with van der Waals surface area (Å²) >= 11 is 9.59. The summed E-state index contributed by atoms with van der Waals surface area (Å²) < 4.78 is 5.91. The normalized spacial score (nSPS) is 10.4. The van der Waals surface area contributed by atoms with Gasteiger partial charge in [-0.15, -0.1) is 0 Å². The molecule has 0 N–H and O–H groups in total. The molecule has 2 rings (SSSR count). The van der Waals surface area contributed by atoms with Crippen molar-refractivity contribution in [2.45, 2.75) is 18.9 Å². The summed E-state index contributed by atoms with van der Waals surface area (Å²) in [6.45, 7) is 2.54. The second kappa shape index (κ2) is 6.26. The molecule has 0 aromatic heterocycles. The average molecular weight is 326 g/mol. The molecule has 0 bridgehead atoms. The van der Waals surface area contributed by atoms with Crippen LogP contribution in [-0.2, 0) is 11.9 Å². The third kappa shape index (κ3) is 3.06. The van der Waals surface area contributed by atoms with E-state index in [1.807, 2.05) is 43.3 Å². The molecule has 94 valence electrons. The number of halogens is 2. The number of aryl methyl sites for hydroxylation is 1. The van der Waals surface area contributed by atoms with Gasteiger partial charge < -0.3 is 4.74 Å². The van der Waals surface area contributed by atoms with E-state index in [0.29, 0.717) is 6.61 Å². The zero-order valence-corrected chi connectivity index (χ0v) is 12.5. The quantitative estimate of drug-likeness (QED) is 0.709. The van der Waals surface area contributed by atoms with Crippen LogP contribution in [0.2, 0.25) is 5.02 Å². The molecule has 18 heavy (non-hydrogen) atoms. The van der Waals surface area contributed by atoms with Gasteiger partial charge in [0.25, 0.3) is 0 Å². The van der Waals surface area contributed by atoms with Crippen molar-refractivity contribution in [3.8, 4) is 5.75 Å². The molecular weight excluding hydrogens is 312 g/mol. The van der Waals surface area contributed by atoms with Crippen molar-refractivity contribution in [2.24, 2.45) is 0 Å². The van der Waals surface area contributed by atoms with E-state index >= 15 is 0 Å². The van der Waals surface area contributed by atoms with Crippen molar-refractivity contribution < 1.29 is 4.74 Å². The van der Waals surface area contributed by atoms with Crippen LogP contribution < -0.4 is 4.74 Å². The van der Waals surface area contributed by atoms with Crippen molar-refractivity contribution in [1.29, 1.82) is 0 Å². The van der Waals surface area contributed by atoms with Crippen LogP contribution in [0.1, 0.15) is 16.7 Å². The molecule has 0 fully saturated rings. The molecule has 0 unspecified atom stereocenters. The van der Waals surface area contributed by atoms with Gasteiger partial charge >= 0.3 is 0 Å². The van der Waals surface area contributed by atoms with Crippen molar-refractivity contribution in [3.63, 3.8) is 0 Å². The first kappa shape index (κ1) is 13.4. The van der Waals surface area contributed by atoms with Crippen molar-refractivity contribution in [3.05, 3.63) is 64.2 Å². The molecule has 0 aliphatic carbocycles. The van der Waals surface area contributed by atoms with E-state index in [0.717, 1.165) is 32.8 Å². The number of hydrogen-bond acceptors (Lipinski definition) is 1. The summed E-state index contributed by atoms with van der Waals surface area (Å²) in [6, 6.07) is 13.9. The summed E-state index contributed by atoms with van der Waals surface area (Å²) in [6.07, 6.45) is 0. The highest BCUT2D eigenvalue weighted by molar-refractivity contribution is 9.08. The van der Waals surface area contributed by atoms with Crippen LogP contribution in [0.15, 0.2) is 42.5 Å². The SMILES string of the molecule is Cc1cccc(CBr)c1OCc1ccccc1Cl. The molecule has 1 nitrogen and oxygen atoms in total. The summed E-state index contributed by atoms with van der Waals surface area (Å²) in [5.74, 6) is 0.939. The molecule has 0 radical (unpaired) electrons. The smallest absolute Gasteiger partial charge is 0.126 e. The van der Waals surface area contributed by atoms with Crippen molar-refractivity contribution >= 4 is 27.5 Å². The highest BCUT2D eigenvalue weighted by Crippen LogP contribution is 2.27. The van der Waals surface area contributed by atoms with Gasteiger partial charge in [-0.3, -0.25) is 0 Å². The number of benzene rings is 2. The van der Waals surface area contributed by atoms with Gasteiger partial charge in [0, 0.05) is 21.5 Å². The summed E-state index contributed by atoms with van der Waals surface area (Å²) in [5, 5.41) is 1.53. The standard InChI is InChI=1S/C15H14BrClO/c1-11-5-4-7-12(9-16)15(11)18-10-13-6-2-3-8-14(13)17/h2-8H,9-10H2,1H3. The third-order valence-electron chi connectivity index (χ3n) is 2.77. The van der Waals surface area contributed by atoms with E-state index < -0.39 is 0 Å². The Bertz CT molecular complexity index is 540. The van der Waals surface area contributed by atoms with Crippen molar-refractivity contribution in [1.82, 2.24) is 0 Å². The lowest BCUT2D eigenvalue weighted by molar-refractivity contribution is 0.302. The molecule has 0 heterocycles. The summed E-state index contributed by atoms with van der Waals surface area (Å²) in [4.78, 5) is 0. The number of hydrogen-bond donors (Lipinski definition) is 0. The van der Waals surface area contributed by atoms with Gasteiger partial charge in [0.05, 0.1) is 0 Å². The fraction of sp³-hybridized carbons (Fsp3) is 0.200. The lowest BCUT2D eigenvalue weighted by Crippen LogP contribution is -2.00. The van der Waals surface area contributed by atoms with Gasteiger partial charge in [0.1, 0.15) is 12.4 Å². The van der Waals surface area contributed by atoms with Gasteiger partial charge in [-0.1, -0.05) is 63.9 Å².